The summed E-state index contributed by atoms with van der Waals surface area (Å²) in [5.74, 6) is -0.0631. The maximum Gasteiger partial charge on any atom is 0.240 e. The van der Waals surface area contributed by atoms with Crippen LogP contribution in [0.25, 0.3) is 0 Å². The second kappa shape index (κ2) is 4.21. The van der Waals surface area contributed by atoms with Crippen molar-refractivity contribution in [3.8, 4) is 0 Å². The van der Waals surface area contributed by atoms with Crippen LogP contribution >= 0.6 is 23.2 Å². The van der Waals surface area contributed by atoms with E-state index in [9.17, 15) is 4.79 Å². The molecule has 0 radical (unpaired) electrons. The first kappa shape index (κ1) is 10.5. The number of hydrazone groups is 1. The van der Waals surface area contributed by atoms with Crippen molar-refractivity contribution in [2.75, 3.05) is 0 Å². The highest BCUT2D eigenvalue weighted by Gasteiger charge is 2.13. The van der Waals surface area contributed by atoms with Gasteiger partial charge in [0.05, 0.1) is 5.71 Å². The molecule has 0 fully saturated rings. The van der Waals surface area contributed by atoms with Crippen molar-refractivity contribution < 1.29 is 4.79 Å². The van der Waals surface area contributed by atoms with Crippen molar-refractivity contribution in [1.82, 2.24) is 5.43 Å². The fourth-order valence-corrected chi connectivity index (χ4v) is 1.93. The van der Waals surface area contributed by atoms with Gasteiger partial charge in [-0.1, -0.05) is 23.2 Å². The van der Waals surface area contributed by atoms with Gasteiger partial charge in [0.1, 0.15) is 0 Å². The number of hydrogen-bond acceptors (Lipinski definition) is 2. The van der Waals surface area contributed by atoms with Crippen LogP contribution < -0.4 is 5.43 Å². The third-order valence-corrected chi connectivity index (χ3v) is 2.54. The molecule has 1 heterocycles. The highest BCUT2D eigenvalue weighted by molar-refractivity contribution is 6.35. The molecule has 2 rings (SSSR count). The average molecular weight is 243 g/mol. The van der Waals surface area contributed by atoms with Crippen LogP contribution in [0, 0.1) is 0 Å². The second-order valence-corrected chi connectivity index (χ2v) is 4.12. The number of halogens is 2. The zero-order chi connectivity index (χ0) is 10.8. The topological polar surface area (TPSA) is 41.5 Å². The Labute approximate surface area is 97.1 Å². The molecule has 1 aliphatic rings. The third-order valence-electron chi connectivity index (χ3n) is 2.10. The summed E-state index contributed by atoms with van der Waals surface area (Å²) in [4.78, 5) is 10.9. The van der Waals surface area contributed by atoms with E-state index in [0.717, 1.165) is 11.3 Å². The number of carbonyl (C=O) groups excluding carboxylic acids is 1. The van der Waals surface area contributed by atoms with Crippen LogP contribution in [0.15, 0.2) is 23.3 Å². The van der Waals surface area contributed by atoms with Crippen LogP contribution in [0.5, 0.6) is 0 Å². The Morgan fingerprint density at radius 2 is 1.80 bits per heavy atom. The predicted octanol–water partition coefficient (Wildman–Crippen LogP) is 2.61. The van der Waals surface area contributed by atoms with Crippen molar-refractivity contribution in [2.24, 2.45) is 5.10 Å². The van der Waals surface area contributed by atoms with E-state index >= 15 is 0 Å². The molecular weight excluding hydrogens is 235 g/mol. The van der Waals surface area contributed by atoms with Crippen molar-refractivity contribution in [2.45, 2.75) is 12.8 Å². The summed E-state index contributed by atoms with van der Waals surface area (Å²) in [6, 6.07) is 5.22. The van der Waals surface area contributed by atoms with Gasteiger partial charge >= 0.3 is 0 Å². The molecule has 0 spiro atoms. The summed E-state index contributed by atoms with van der Waals surface area (Å²) in [6.07, 6.45) is 1.06. The highest BCUT2D eigenvalue weighted by Crippen LogP contribution is 2.21. The SMILES string of the molecule is O=C1CCC(c2cc(Cl)cc(Cl)c2)=NN1. The lowest BCUT2D eigenvalue weighted by molar-refractivity contribution is -0.121. The largest absolute Gasteiger partial charge is 0.273 e. The summed E-state index contributed by atoms with van der Waals surface area (Å²) in [7, 11) is 0. The molecule has 15 heavy (non-hydrogen) atoms. The fraction of sp³-hybridized carbons (Fsp3) is 0.200. The van der Waals surface area contributed by atoms with Crippen LogP contribution in [0.4, 0.5) is 0 Å². The van der Waals surface area contributed by atoms with Gasteiger partial charge in [-0.3, -0.25) is 4.79 Å². The molecule has 0 saturated heterocycles. The minimum absolute atomic E-state index is 0.0631. The molecule has 0 aliphatic carbocycles. The molecular formula is C10H8Cl2N2O. The molecule has 1 N–H and O–H groups in total. The monoisotopic (exact) mass is 242 g/mol. The fourth-order valence-electron chi connectivity index (χ4n) is 1.40. The summed E-state index contributed by atoms with van der Waals surface area (Å²) in [5.41, 5.74) is 4.09. The second-order valence-electron chi connectivity index (χ2n) is 3.25. The molecule has 3 nitrogen and oxygen atoms in total. The van der Waals surface area contributed by atoms with E-state index in [2.05, 4.69) is 10.5 Å². The van der Waals surface area contributed by atoms with E-state index < -0.39 is 0 Å². The minimum Gasteiger partial charge on any atom is -0.273 e. The van der Waals surface area contributed by atoms with Crippen molar-refractivity contribution in [1.29, 1.82) is 0 Å². The number of carbonyl (C=O) groups is 1. The van der Waals surface area contributed by atoms with Gasteiger partial charge in [-0.15, -0.1) is 0 Å². The molecule has 0 atom stereocenters. The number of nitrogens with one attached hydrogen (secondary N) is 1. The average Bonchev–Trinajstić information content (AvgIpc) is 2.17. The molecule has 0 unspecified atom stereocenters. The maximum atomic E-state index is 10.9. The van der Waals surface area contributed by atoms with Gasteiger partial charge in [0.15, 0.2) is 0 Å². The molecule has 0 bridgehead atoms. The number of hydrogen-bond donors (Lipinski definition) is 1. The maximum absolute atomic E-state index is 10.9. The van der Waals surface area contributed by atoms with Crippen LogP contribution in [0.1, 0.15) is 18.4 Å². The van der Waals surface area contributed by atoms with Crippen LogP contribution in [0.2, 0.25) is 10.0 Å². The van der Waals surface area contributed by atoms with Crippen molar-refractivity contribution in [3.05, 3.63) is 33.8 Å². The smallest absolute Gasteiger partial charge is 0.240 e. The van der Waals surface area contributed by atoms with Gasteiger partial charge in [-0.25, -0.2) is 5.43 Å². The highest BCUT2D eigenvalue weighted by atomic mass is 35.5. The quantitative estimate of drug-likeness (QED) is 0.809. The molecule has 78 valence electrons. The number of rotatable bonds is 1. The lowest BCUT2D eigenvalue weighted by Gasteiger charge is -2.12. The predicted molar refractivity (Wildman–Crippen MR) is 60.4 cm³/mol. The summed E-state index contributed by atoms with van der Waals surface area (Å²) < 4.78 is 0. The van der Waals surface area contributed by atoms with Crippen molar-refractivity contribution >= 4 is 34.8 Å². The summed E-state index contributed by atoms with van der Waals surface area (Å²) in [6.45, 7) is 0. The van der Waals surface area contributed by atoms with Crippen molar-refractivity contribution in [3.63, 3.8) is 0 Å². The number of nitrogens with zero attached hydrogens (tertiary/aromatic N) is 1. The number of amides is 1. The van der Waals surface area contributed by atoms with Gasteiger partial charge in [0.25, 0.3) is 0 Å². The lowest BCUT2D eigenvalue weighted by Crippen LogP contribution is -2.25. The summed E-state index contributed by atoms with van der Waals surface area (Å²) >= 11 is 11.7. The van der Waals surface area contributed by atoms with Crippen LogP contribution in [-0.2, 0) is 4.79 Å². The first-order chi connectivity index (χ1) is 7.15. The van der Waals surface area contributed by atoms with E-state index in [4.69, 9.17) is 23.2 Å². The van der Waals surface area contributed by atoms with Gasteiger partial charge in [-0.05, 0) is 18.2 Å². The van der Waals surface area contributed by atoms with Crippen LogP contribution in [-0.4, -0.2) is 11.6 Å². The Hall–Kier alpha value is -1.06. The van der Waals surface area contributed by atoms with Crippen LogP contribution in [0.3, 0.4) is 0 Å². The van der Waals surface area contributed by atoms with E-state index in [1.165, 1.54) is 0 Å². The Kier molecular flexibility index (Phi) is 2.93. The molecule has 1 aliphatic heterocycles. The van der Waals surface area contributed by atoms with E-state index in [1.54, 1.807) is 18.2 Å². The lowest BCUT2D eigenvalue weighted by atomic mass is 10.0. The Balaban J connectivity index is 2.33. The van der Waals surface area contributed by atoms with E-state index in [-0.39, 0.29) is 5.91 Å². The first-order valence-corrected chi connectivity index (χ1v) is 5.22. The first-order valence-electron chi connectivity index (χ1n) is 4.47. The molecule has 0 saturated carbocycles. The molecule has 1 amide bonds. The van der Waals surface area contributed by atoms with Gasteiger partial charge in [-0.2, -0.15) is 5.10 Å². The standard InChI is InChI=1S/C10H8Cl2N2O/c11-7-3-6(4-8(12)5-7)9-1-2-10(15)14-13-9/h3-5H,1-2H2,(H,14,15). The summed E-state index contributed by atoms with van der Waals surface area (Å²) in [5, 5.41) is 5.10. The third kappa shape index (κ3) is 2.49. The van der Waals surface area contributed by atoms with E-state index in [1.807, 2.05) is 0 Å². The molecule has 5 heteroatoms. The Morgan fingerprint density at radius 3 is 2.33 bits per heavy atom. The Bertz CT molecular complexity index is 423. The zero-order valence-corrected chi connectivity index (χ0v) is 9.27. The zero-order valence-electron chi connectivity index (χ0n) is 7.76. The Morgan fingerprint density at radius 1 is 1.13 bits per heavy atom. The van der Waals surface area contributed by atoms with Gasteiger partial charge in [0, 0.05) is 28.5 Å². The number of benzene rings is 1. The molecule has 0 aromatic heterocycles. The molecule has 1 aromatic carbocycles. The minimum atomic E-state index is -0.0631. The van der Waals surface area contributed by atoms with E-state index in [0.29, 0.717) is 22.9 Å². The molecule has 1 aromatic rings. The van der Waals surface area contributed by atoms with Gasteiger partial charge < -0.3 is 0 Å². The normalized spacial score (nSPS) is 15.9. The van der Waals surface area contributed by atoms with Gasteiger partial charge in [0.2, 0.25) is 5.91 Å².